The number of aryl methyl sites for hydroxylation is 1. The first-order chi connectivity index (χ1) is 13.0. The molecule has 6 heteroatoms. The van der Waals surface area contributed by atoms with Crippen LogP contribution in [0.25, 0.3) is 0 Å². The van der Waals surface area contributed by atoms with Gasteiger partial charge in [0, 0.05) is 18.3 Å². The molecule has 1 aliphatic rings. The number of carbonyl (C=O) groups excluding carboxylic acids is 2. The van der Waals surface area contributed by atoms with Crippen LogP contribution in [0.15, 0.2) is 48.8 Å². The summed E-state index contributed by atoms with van der Waals surface area (Å²) in [7, 11) is 0. The van der Waals surface area contributed by atoms with Crippen LogP contribution in [-0.4, -0.2) is 41.3 Å². The molecule has 1 aliphatic heterocycles. The monoisotopic (exact) mass is 366 g/mol. The fourth-order valence-corrected chi connectivity index (χ4v) is 3.51. The standard InChI is InChI=1S/C21H26N4O2/c1-15-2-4-16(5-3-15)20(17-6-10-23-11-7-17)24-21(27)18-8-12-25(13-9-18)14-19(22)26/h2-7,10-11,18,20H,8-9,12-14H2,1H3,(H2,22,26)(H,24,27)/t20-/m1/s1. The molecule has 1 aromatic heterocycles. The Morgan fingerprint density at radius 1 is 1.11 bits per heavy atom. The molecular formula is C21H26N4O2. The molecular weight excluding hydrogens is 340 g/mol. The zero-order valence-electron chi connectivity index (χ0n) is 15.6. The van der Waals surface area contributed by atoms with E-state index < -0.39 is 0 Å². The molecule has 6 nitrogen and oxygen atoms in total. The van der Waals surface area contributed by atoms with E-state index >= 15 is 0 Å². The Kier molecular flexibility index (Phi) is 6.19. The van der Waals surface area contributed by atoms with Crippen LogP contribution in [-0.2, 0) is 9.59 Å². The predicted octanol–water partition coefficient (Wildman–Crippen LogP) is 1.79. The highest BCUT2D eigenvalue weighted by Crippen LogP contribution is 2.24. The van der Waals surface area contributed by atoms with Crippen molar-refractivity contribution in [3.8, 4) is 0 Å². The number of primary amides is 1. The minimum Gasteiger partial charge on any atom is -0.369 e. The summed E-state index contributed by atoms with van der Waals surface area (Å²) in [6.45, 7) is 3.73. The molecule has 3 rings (SSSR count). The van der Waals surface area contributed by atoms with Crippen LogP contribution >= 0.6 is 0 Å². The maximum Gasteiger partial charge on any atom is 0.231 e. The van der Waals surface area contributed by atoms with Gasteiger partial charge in [0.05, 0.1) is 12.6 Å². The van der Waals surface area contributed by atoms with Crippen LogP contribution in [0.5, 0.6) is 0 Å². The van der Waals surface area contributed by atoms with Gasteiger partial charge in [-0.3, -0.25) is 19.5 Å². The van der Waals surface area contributed by atoms with Gasteiger partial charge in [-0.1, -0.05) is 29.8 Å². The Labute approximate surface area is 159 Å². The number of nitrogens with two attached hydrogens (primary N) is 1. The lowest BCUT2D eigenvalue weighted by atomic mass is 9.93. The maximum atomic E-state index is 12.9. The fourth-order valence-electron chi connectivity index (χ4n) is 3.51. The number of rotatable bonds is 6. The molecule has 0 aliphatic carbocycles. The van der Waals surface area contributed by atoms with Gasteiger partial charge in [-0.2, -0.15) is 0 Å². The Morgan fingerprint density at radius 2 is 1.70 bits per heavy atom. The van der Waals surface area contributed by atoms with E-state index in [1.807, 2.05) is 24.0 Å². The van der Waals surface area contributed by atoms with Gasteiger partial charge in [-0.05, 0) is 56.1 Å². The molecule has 0 bridgehead atoms. The second kappa shape index (κ2) is 8.77. The Hall–Kier alpha value is -2.73. The molecule has 142 valence electrons. The van der Waals surface area contributed by atoms with E-state index in [1.54, 1.807) is 12.4 Å². The first kappa shape index (κ1) is 19.0. The molecule has 1 aromatic carbocycles. The van der Waals surface area contributed by atoms with Gasteiger partial charge in [0.2, 0.25) is 11.8 Å². The lowest BCUT2D eigenvalue weighted by Gasteiger charge is -2.31. The Bertz CT molecular complexity index is 769. The second-order valence-electron chi connectivity index (χ2n) is 7.15. The summed E-state index contributed by atoms with van der Waals surface area (Å²) in [5, 5.41) is 3.22. The van der Waals surface area contributed by atoms with Crippen molar-refractivity contribution in [3.05, 3.63) is 65.5 Å². The normalized spacial score (nSPS) is 16.6. The van der Waals surface area contributed by atoms with Crippen molar-refractivity contribution in [1.82, 2.24) is 15.2 Å². The van der Waals surface area contributed by atoms with Crippen molar-refractivity contribution in [2.75, 3.05) is 19.6 Å². The molecule has 2 aromatic rings. The first-order valence-electron chi connectivity index (χ1n) is 9.30. The van der Waals surface area contributed by atoms with E-state index in [2.05, 4.69) is 34.6 Å². The molecule has 0 unspecified atom stereocenters. The summed E-state index contributed by atoms with van der Waals surface area (Å²) in [5.41, 5.74) is 8.49. The van der Waals surface area contributed by atoms with Gasteiger partial charge in [-0.15, -0.1) is 0 Å². The van der Waals surface area contributed by atoms with Crippen LogP contribution < -0.4 is 11.1 Å². The number of nitrogens with one attached hydrogen (secondary N) is 1. The van der Waals surface area contributed by atoms with E-state index in [0.717, 1.165) is 24.0 Å². The van der Waals surface area contributed by atoms with E-state index in [1.165, 1.54) is 5.56 Å². The minimum absolute atomic E-state index is 0.0519. The molecule has 0 radical (unpaired) electrons. The molecule has 1 fully saturated rings. The predicted molar refractivity (Wildman–Crippen MR) is 104 cm³/mol. The fraction of sp³-hybridized carbons (Fsp3) is 0.381. The minimum atomic E-state index is -0.324. The topological polar surface area (TPSA) is 88.3 Å². The summed E-state index contributed by atoms with van der Waals surface area (Å²) in [6.07, 6.45) is 4.95. The van der Waals surface area contributed by atoms with Crippen molar-refractivity contribution < 1.29 is 9.59 Å². The Morgan fingerprint density at radius 3 is 2.30 bits per heavy atom. The number of nitrogens with zero attached hydrogens (tertiary/aromatic N) is 2. The van der Waals surface area contributed by atoms with E-state index in [0.29, 0.717) is 13.1 Å². The zero-order valence-corrected chi connectivity index (χ0v) is 15.6. The molecule has 1 saturated heterocycles. The summed E-state index contributed by atoms with van der Waals surface area (Å²) in [5.74, 6) is -0.324. The third-order valence-corrected chi connectivity index (χ3v) is 5.07. The number of pyridine rings is 1. The lowest BCUT2D eigenvalue weighted by Crippen LogP contribution is -2.44. The van der Waals surface area contributed by atoms with Gasteiger partial charge < -0.3 is 11.1 Å². The summed E-state index contributed by atoms with van der Waals surface area (Å²) in [4.78, 5) is 30.1. The number of hydrogen-bond acceptors (Lipinski definition) is 4. The highest BCUT2D eigenvalue weighted by molar-refractivity contribution is 5.80. The zero-order chi connectivity index (χ0) is 19.2. The van der Waals surface area contributed by atoms with Gasteiger partial charge in [-0.25, -0.2) is 0 Å². The summed E-state index contributed by atoms with van der Waals surface area (Å²) < 4.78 is 0. The van der Waals surface area contributed by atoms with Crippen molar-refractivity contribution in [1.29, 1.82) is 0 Å². The Balaban J connectivity index is 1.70. The van der Waals surface area contributed by atoms with Crippen LogP contribution in [0.4, 0.5) is 0 Å². The first-order valence-corrected chi connectivity index (χ1v) is 9.30. The molecule has 3 N–H and O–H groups in total. The molecule has 2 amide bonds. The summed E-state index contributed by atoms with van der Waals surface area (Å²) in [6, 6.07) is 11.9. The van der Waals surface area contributed by atoms with Crippen molar-refractivity contribution >= 4 is 11.8 Å². The highest BCUT2D eigenvalue weighted by Gasteiger charge is 2.27. The number of likely N-dealkylation sites (tertiary alicyclic amines) is 1. The number of piperidine rings is 1. The van der Waals surface area contributed by atoms with Crippen LogP contribution in [0.2, 0.25) is 0 Å². The third kappa shape index (κ3) is 5.14. The third-order valence-electron chi connectivity index (χ3n) is 5.07. The smallest absolute Gasteiger partial charge is 0.231 e. The average Bonchev–Trinajstić information content (AvgIpc) is 2.67. The van der Waals surface area contributed by atoms with Crippen LogP contribution in [0, 0.1) is 12.8 Å². The van der Waals surface area contributed by atoms with Crippen LogP contribution in [0.1, 0.15) is 35.6 Å². The largest absolute Gasteiger partial charge is 0.369 e. The van der Waals surface area contributed by atoms with E-state index in [-0.39, 0.29) is 30.3 Å². The van der Waals surface area contributed by atoms with Gasteiger partial charge >= 0.3 is 0 Å². The quantitative estimate of drug-likeness (QED) is 0.816. The molecule has 0 spiro atoms. The number of carbonyl (C=O) groups is 2. The maximum absolute atomic E-state index is 12.9. The number of hydrogen-bond donors (Lipinski definition) is 2. The molecule has 1 atom stereocenters. The van der Waals surface area contributed by atoms with E-state index in [9.17, 15) is 9.59 Å². The number of amides is 2. The molecule has 2 heterocycles. The van der Waals surface area contributed by atoms with Crippen molar-refractivity contribution in [3.63, 3.8) is 0 Å². The van der Waals surface area contributed by atoms with Gasteiger partial charge in [0.15, 0.2) is 0 Å². The van der Waals surface area contributed by atoms with Gasteiger partial charge in [0.25, 0.3) is 0 Å². The van der Waals surface area contributed by atoms with E-state index in [4.69, 9.17) is 5.73 Å². The van der Waals surface area contributed by atoms with Crippen molar-refractivity contribution in [2.24, 2.45) is 11.7 Å². The van der Waals surface area contributed by atoms with Crippen molar-refractivity contribution in [2.45, 2.75) is 25.8 Å². The number of benzene rings is 1. The second-order valence-corrected chi connectivity index (χ2v) is 7.15. The summed E-state index contributed by atoms with van der Waals surface area (Å²) >= 11 is 0. The van der Waals surface area contributed by atoms with Gasteiger partial charge in [0.1, 0.15) is 0 Å². The van der Waals surface area contributed by atoms with Crippen LogP contribution in [0.3, 0.4) is 0 Å². The number of aromatic nitrogens is 1. The lowest BCUT2D eigenvalue weighted by molar-refractivity contribution is -0.127. The molecule has 27 heavy (non-hydrogen) atoms. The average molecular weight is 366 g/mol. The molecule has 0 saturated carbocycles. The SMILES string of the molecule is Cc1ccc([C@@H](NC(=O)C2CCN(CC(N)=O)CC2)c2ccncc2)cc1. The highest BCUT2D eigenvalue weighted by atomic mass is 16.2.